The number of anilines is 2. The van der Waals surface area contributed by atoms with Gasteiger partial charge >= 0.3 is 0 Å². The Bertz CT molecular complexity index is 1580. The zero-order chi connectivity index (χ0) is 22.5. The summed E-state index contributed by atoms with van der Waals surface area (Å²) in [4.78, 5) is 4.64. The topological polar surface area (TPSA) is 89.2 Å². The number of hydrogen-bond acceptors (Lipinski definition) is 7. The number of hydrogen-bond donors (Lipinski definition) is 1. The second-order valence-corrected chi connectivity index (χ2v) is 10.2. The van der Waals surface area contributed by atoms with Gasteiger partial charge in [-0.1, -0.05) is 35.9 Å². The standard InChI is InChI=1S/C21H15ClFN5O2S2/c1-2-12-3-6-14(7-4-12)32(29,30)21-20-25-19(24-13-5-8-16(23)15(22)11-13)18-17(9-10-31-18)28(20)27-26-21/h3-11H,2H2,1H3,(H,24,25). The van der Waals surface area contributed by atoms with Gasteiger partial charge in [0.05, 0.1) is 20.1 Å². The van der Waals surface area contributed by atoms with Crippen LogP contribution in [-0.2, 0) is 16.3 Å². The Balaban J connectivity index is 1.67. The first-order valence-electron chi connectivity index (χ1n) is 9.57. The van der Waals surface area contributed by atoms with Crippen LogP contribution < -0.4 is 5.32 Å². The van der Waals surface area contributed by atoms with Crippen LogP contribution in [0.2, 0.25) is 5.02 Å². The van der Waals surface area contributed by atoms with Gasteiger partial charge in [0.15, 0.2) is 11.5 Å². The normalized spacial score (nSPS) is 12.0. The van der Waals surface area contributed by atoms with Gasteiger partial charge in [0.1, 0.15) is 5.82 Å². The van der Waals surface area contributed by atoms with E-state index in [0.29, 0.717) is 17.0 Å². The highest BCUT2D eigenvalue weighted by Crippen LogP contribution is 2.33. The molecule has 32 heavy (non-hydrogen) atoms. The number of halogens is 2. The molecule has 0 fully saturated rings. The van der Waals surface area contributed by atoms with E-state index >= 15 is 0 Å². The summed E-state index contributed by atoms with van der Waals surface area (Å²) in [5.41, 5.74) is 2.27. The molecule has 11 heteroatoms. The third kappa shape index (κ3) is 3.40. The van der Waals surface area contributed by atoms with Crippen LogP contribution in [0, 0.1) is 5.82 Å². The Morgan fingerprint density at radius 1 is 1.16 bits per heavy atom. The lowest BCUT2D eigenvalue weighted by Crippen LogP contribution is -2.05. The predicted molar refractivity (Wildman–Crippen MR) is 122 cm³/mol. The number of sulfone groups is 1. The Morgan fingerprint density at radius 3 is 2.66 bits per heavy atom. The van der Waals surface area contributed by atoms with Crippen LogP contribution >= 0.6 is 22.9 Å². The summed E-state index contributed by atoms with van der Waals surface area (Å²) in [5, 5.41) is 12.7. The Morgan fingerprint density at radius 2 is 1.94 bits per heavy atom. The minimum absolute atomic E-state index is 0.0386. The number of rotatable bonds is 5. The second kappa shape index (κ2) is 7.80. The van der Waals surface area contributed by atoms with Crippen LogP contribution in [0.25, 0.3) is 15.9 Å². The minimum Gasteiger partial charge on any atom is -0.339 e. The van der Waals surface area contributed by atoms with Crippen LogP contribution in [0.5, 0.6) is 0 Å². The molecule has 7 nitrogen and oxygen atoms in total. The number of nitrogens with one attached hydrogen (secondary N) is 1. The molecule has 0 radical (unpaired) electrons. The molecule has 0 aliphatic rings. The molecular weight excluding hydrogens is 473 g/mol. The largest absolute Gasteiger partial charge is 0.339 e. The molecule has 0 aliphatic carbocycles. The zero-order valence-corrected chi connectivity index (χ0v) is 19.0. The van der Waals surface area contributed by atoms with Crippen molar-refractivity contribution in [2.24, 2.45) is 0 Å². The van der Waals surface area contributed by atoms with Crippen molar-refractivity contribution in [3.8, 4) is 0 Å². The Kier molecular flexibility index (Phi) is 5.07. The highest BCUT2D eigenvalue weighted by Gasteiger charge is 2.27. The molecule has 5 rings (SSSR count). The van der Waals surface area contributed by atoms with Crippen LogP contribution in [-0.4, -0.2) is 28.2 Å². The number of aromatic nitrogens is 4. The van der Waals surface area contributed by atoms with Gasteiger partial charge in [-0.25, -0.2) is 17.8 Å². The van der Waals surface area contributed by atoms with Crippen molar-refractivity contribution in [3.63, 3.8) is 0 Å². The van der Waals surface area contributed by atoms with Gasteiger partial charge in [0.2, 0.25) is 14.9 Å². The van der Waals surface area contributed by atoms with E-state index in [1.54, 1.807) is 30.3 Å². The number of nitrogens with zero attached hydrogens (tertiary/aromatic N) is 4. The summed E-state index contributed by atoms with van der Waals surface area (Å²) in [5.74, 6) is -0.144. The summed E-state index contributed by atoms with van der Waals surface area (Å²) in [6, 6.07) is 12.7. The van der Waals surface area contributed by atoms with Crippen molar-refractivity contribution in [2.75, 3.05) is 5.32 Å². The lowest BCUT2D eigenvalue weighted by Gasteiger charge is -2.09. The first kappa shape index (κ1) is 20.8. The van der Waals surface area contributed by atoms with Gasteiger partial charge < -0.3 is 5.32 Å². The predicted octanol–water partition coefficient (Wildman–Crippen LogP) is 5.27. The molecule has 0 saturated carbocycles. The van der Waals surface area contributed by atoms with Crippen LogP contribution in [0.15, 0.2) is 63.8 Å². The number of aryl methyl sites for hydroxylation is 1. The molecule has 0 unspecified atom stereocenters. The average molecular weight is 488 g/mol. The molecule has 2 aromatic carbocycles. The van der Waals surface area contributed by atoms with E-state index in [4.69, 9.17) is 11.6 Å². The van der Waals surface area contributed by atoms with Crippen molar-refractivity contribution >= 4 is 60.1 Å². The fourth-order valence-electron chi connectivity index (χ4n) is 3.31. The number of benzene rings is 2. The van der Waals surface area contributed by atoms with Gasteiger partial charge in [-0.05, 0) is 53.8 Å². The van der Waals surface area contributed by atoms with Crippen molar-refractivity contribution in [2.45, 2.75) is 23.3 Å². The average Bonchev–Trinajstić information content (AvgIpc) is 3.44. The van der Waals surface area contributed by atoms with Crippen LogP contribution in [0.3, 0.4) is 0 Å². The van der Waals surface area contributed by atoms with E-state index in [0.717, 1.165) is 16.7 Å². The lowest BCUT2D eigenvalue weighted by molar-refractivity contribution is 0.592. The summed E-state index contributed by atoms with van der Waals surface area (Å²) < 4.78 is 42.3. The first-order chi connectivity index (χ1) is 15.4. The third-order valence-electron chi connectivity index (χ3n) is 5.00. The van der Waals surface area contributed by atoms with E-state index in [1.807, 2.05) is 12.3 Å². The van der Waals surface area contributed by atoms with Crippen molar-refractivity contribution in [1.82, 2.24) is 19.8 Å². The SMILES string of the molecule is CCc1ccc(S(=O)(=O)c2nnn3c2nc(Nc2ccc(F)c(Cl)c2)c2sccc23)cc1. The molecule has 0 aliphatic heterocycles. The molecule has 3 heterocycles. The molecule has 0 spiro atoms. The van der Waals surface area contributed by atoms with Gasteiger partial charge in [-0.2, -0.15) is 4.52 Å². The van der Waals surface area contributed by atoms with E-state index in [2.05, 4.69) is 20.6 Å². The fourth-order valence-corrected chi connectivity index (χ4v) is 5.54. The molecule has 162 valence electrons. The summed E-state index contributed by atoms with van der Waals surface area (Å²) in [6.45, 7) is 2.00. The van der Waals surface area contributed by atoms with E-state index in [1.165, 1.54) is 34.1 Å². The van der Waals surface area contributed by atoms with E-state index in [9.17, 15) is 12.8 Å². The highest BCUT2D eigenvalue weighted by atomic mass is 35.5. The molecule has 0 bridgehead atoms. The molecule has 1 N–H and O–H groups in total. The molecule has 0 saturated heterocycles. The van der Waals surface area contributed by atoms with Gasteiger partial charge in [-0.15, -0.1) is 16.4 Å². The maximum Gasteiger partial charge on any atom is 0.229 e. The Hall–Kier alpha value is -3.08. The lowest BCUT2D eigenvalue weighted by atomic mass is 10.2. The van der Waals surface area contributed by atoms with Crippen LogP contribution in [0.4, 0.5) is 15.9 Å². The van der Waals surface area contributed by atoms with Gasteiger partial charge in [-0.3, -0.25) is 0 Å². The third-order valence-corrected chi connectivity index (χ3v) is 7.87. The maximum absolute atomic E-state index is 13.5. The monoisotopic (exact) mass is 487 g/mol. The van der Waals surface area contributed by atoms with Gasteiger partial charge in [0.25, 0.3) is 0 Å². The van der Waals surface area contributed by atoms with E-state index in [-0.39, 0.29) is 20.6 Å². The zero-order valence-electron chi connectivity index (χ0n) is 16.6. The smallest absolute Gasteiger partial charge is 0.229 e. The van der Waals surface area contributed by atoms with Gasteiger partial charge in [0, 0.05) is 5.69 Å². The molecule has 5 aromatic rings. The quantitative estimate of drug-likeness (QED) is 0.363. The van der Waals surface area contributed by atoms with Crippen LogP contribution in [0.1, 0.15) is 12.5 Å². The first-order valence-corrected chi connectivity index (χ1v) is 12.3. The molecule has 0 atom stereocenters. The maximum atomic E-state index is 13.5. The minimum atomic E-state index is -3.95. The summed E-state index contributed by atoms with van der Waals surface area (Å²) >= 11 is 7.30. The molecular formula is C21H15ClFN5O2S2. The second-order valence-electron chi connectivity index (χ2n) is 6.98. The van der Waals surface area contributed by atoms with E-state index < -0.39 is 15.7 Å². The summed E-state index contributed by atoms with van der Waals surface area (Å²) in [6.07, 6.45) is 0.801. The van der Waals surface area contributed by atoms with Crippen molar-refractivity contribution in [3.05, 3.63) is 70.3 Å². The molecule has 3 aromatic heterocycles. The number of fused-ring (bicyclic) bond motifs is 3. The number of thiophene rings is 1. The summed E-state index contributed by atoms with van der Waals surface area (Å²) in [7, 11) is -3.95. The fraction of sp³-hybridized carbons (Fsp3) is 0.0952. The Labute approximate surface area is 191 Å². The van der Waals surface area contributed by atoms with Crippen molar-refractivity contribution < 1.29 is 12.8 Å². The highest BCUT2D eigenvalue weighted by molar-refractivity contribution is 7.91. The molecule has 0 amide bonds. The van der Waals surface area contributed by atoms with Crippen molar-refractivity contribution in [1.29, 1.82) is 0 Å².